The van der Waals surface area contributed by atoms with Gasteiger partial charge in [0.1, 0.15) is 5.75 Å². The summed E-state index contributed by atoms with van der Waals surface area (Å²) < 4.78 is 5.57. The van der Waals surface area contributed by atoms with Gasteiger partial charge in [0.05, 0.1) is 12.8 Å². The molecule has 0 bridgehead atoms. The Kier molecular flexibility index (Phi) is 3.10. The normalized spacial score (nSPS) is 10.2. The Morgan fingerprint density at radius 3 is 2.65 bits per heavy atom. The molecule has 0 saturated heterocycles. The monoisotopic (exact) mass is 248 g/mol. The van der Waals surface area contributed by atoms with Gasteiger partial charge in [0.2, 0.25) is 0 Å². The summed E-state index contributed by atoms with van der Waals surface area (Å²) in [6.45, 7) is 1.98. The number of H-pyrrole nitrogens is 2. The van der Waals surface area contributed by atoms with E-state index in [0.717, 1.165) is 11.1 Å². The lowest BCUT2D eigenvalue weighted by Gasteiger charge is -2.09. The minimum absolute atomic E-state index is 0.229. The van der Waals surface area contributed by atoms with Crippen LogP contribution in [0.25, 0.3) is 11.3 Å². The Morgan fingerprint density at radius 2 is 2.00 bits per heavy atom. The van der Waals surface area contributed by atoms with E-state index >= 15 is 0 Å². The molecule has 17 heavy (non-hydrogen) atoms. The summed E-state index contributed by atoms with van der Waals surface area (Å²) in [6.07, 6.45) is 0. The molecule has 1 aromatic carbocycles. The van der Waals surface area contributed by atoms with Crippen LogP contribution in [-0.2, 0) is 0 Å². The highest BCUT2D eigenvalue weighted by molar-refractivity contribution is 7.71. The molecule has 0 unspecified atom stereocenters. The maximum atomic E-state index is 11.4. The van der Waals surface area contributed by atoms with Gasteiger partial charge in [0.25, 0.3) is 5.56 Å². The second-order valence-electron chi connectivity index (χ2n) is 3.71. The topological polar surface area (TPSA) is 57.9 Å². The highest BCUT2D eigenvalue weighted by Gasteiger charge is 2.07. The van der Waals surface area contributed by atoms with Crippen molar-refractivity contribution >= 4 is 12.2 Å². The van der Waals surface area contributed by atoms with Crippen LogP contribution in [0.2, 0.25) is 0 Å². The van der Waals surface area contributed by atoms with Gasteiger partial charge in [0, 0.05) is 11.6 Å². The number of aromatic nitrogens is 2. The Hall–Kier alpha value is -1.88. The van der Waals surface area contributed by atoms with Crippen molar-refractivity contribution in [2.24, 2.45) is 0 Å². The average molecular weight is 248 g/mol. The minimum atomic E-state index is -0.229. The molecule has 0 aliphatic rings. The molecule has 0 radical (unpaired) electrons. The third kappa shape index (κ3) is 2.45. The number of ether oxygens (including phenoxy) is 1. The summed E-state index contributed by atoms with van der Waals surface area (Å²) in [5, 5.41) is 0. The maximum Gasteiger partial charge on any atom is 0.252 e. The fourth-order valence-corrected chi connectivity index (χ4v) is 1.86. The first-order valence-corrected chi connectivity index (χ1v) is 5.49. The van der Waals surface area contributed by atoms with Crippen molar-refractivity contribution in [1.29, 1.82) is 0 Å². The number of aromatic amines is 2. The van der Waals surface area contributed by atoms with E-state index < -0.39 is 0 Å². The standard InChI is InChI=1S/C12H12N2O2S/c1-7-3-4-10(16-2)8(5-7)9-6-11(15)14-12(17)13-9/h3-6H,1-2H3,(H2,13,14,15,17). The number of aryl methyl sites for hydroxylation is 1. The van der Waals surface area contributed by atoms with Crippen LogP contribution in [-0.4, -0.2) is 17.1 Å². The molecule has 2 N–H and O–H groups in total. The molecule has 2 rings (SSSR count). The first kappa shape index (κ1) is 11.6. The third-order valence-corrected chi connectivity index (χ3v) is 2.61. The van der Waals surface area contributed by atoms with Crippen LogP contribution in [0, 0.1) is 11.7 Å². The van der Waals surface area contributed by atoms with Crippen LogP contribution in [0.3, 0.4) is 0 Å². The molecular formula is C12H12N2O2S. The van der Waals surface area contributed by atoms with Crippen LogP contribution in [0.5, 0.6) is 5.75 Å². The van der Waals surface area contributed by atoms with Crippen molar-refractivity contribution in [3.05, 3.63) is 45.0 Å². The third-order valence-electron chi connectivity index (χ3n) is 2.41. The van der Waals surface area contributed by atoms with Crippen molar-refractivity contribution in [2.75, 3.05) is 7.11 Å². The van der Waals surface area contributed by atoms with Gasteiger partial charge in [-0.2, -0.15) is 0 Å². The molecule has 0 aliphatic carbocycles. The molecule has 4 nitrogen and oxygen atoms in total. The molecule has 0 fully saturated rings. The summed E-state index contributed by atoms with van der Waals surface area (Å²) in [6, 6.07) is 7.22. The van der Waals surface area contributed by atoms with Gasteiger partial charge < -0.3 is 9.72 Å². The van der Waals surface area contributed by atoms with Gasteiger partial charge in [-0.25, -0.2) is 0 Å². The van der Waals surface area contributed by atoms with E-state index in [4.69, 9.17) is 17.0 Å². The fraction of sp³-hybridized carbons (Fsp3) is 0.167. The van der Waals surface area contributed by atoms with Crippen molar-refractivity contribution in [2.45, 2.75) is 6.92 Å². The molecular weight excluding hydrogens is 236 g/mol. The summed E-state index contributed by atoms with van der Waals surface area (Å²) in [7, 11) is 1.59. The number of hydrogen-bond donors (Lipinski definition) is 2. The largest absolute Gasteiger partial charge is 0.496 e. The lowest BCUT2D eigenvalue weighted by Crippen LogP contribution is -2.06. The van der Waals surface area contributed by atoms with Crippen LogP contribution >= 0.6 is 12.2 Å². The Labute approximate surface area is 103 Å². The Morgan fingerprint density at radius 1 is 1.24 bits per heavy atom. The SMILES string of the molecule is COc1ccc(C)cc1-c1cc(=O)[nH]c(=S)[nH]1. The highest BCUT2D eigenvalue weighted by atomic mass is 32.1. The van der Waals surface area contributed by atoms with Crippen LogP contribution in [0.4, 0.5) is 0 Å². The van der Waals surface area contributed by atoms with Crippen molar-refractivity contribution < 1.29 is 4.74 Å². The molecule has 5 heteroatoms. The molecule has 88 valence electrons. The number of nitrogens with one attached hydrogen (secondary N) is 2. The summed E-state index contributed by atoms with van der Waals surface area (Å²) in [5.41, 5.74) is 2.33. The van der Waals surface area contributed by atoms with Crippen LogP contribution in [0.1, 0.15) is 5.56 Å². The molecule has 0 aliphatic heterocycles. The van der Waals surface area contributed by atoms with Crippen LogP contribution in [0.15, 0.2) is 29.1 Å². The molecule has 1 heterocycles. The quantitative estimate of drug-likeness (QED) is 0.802. The Balaban J connectivity index is 2.70. The van der Waals surface area contributed by atoms with E-state index in [9.17, 15) is 4.79 Å². The molecule has 0 amide bonds. The van der Waals surface area contributed by atoms with Crippen molar-refractivity contribution in [1.82, 2.24) is 9.97 Å². The second-order valence-corrected chi connectivity index (χ2v) is 4.11. The van der Waals surface area contributed by atoms with Gasteiger partial charge in [0.15, 0.2) is 4.77 Å². The predicted octanol–water partition coefficient (Wildman–Crippen LogP) is 2.42. The van der Waals surface area contributed by atoms with E-state index in [1.807, 2.05) is 25.1 Å². The lowest BCUT2D eigenvalue weighted by atomic mass is 10.1. The second kappa shape index (κ2) is 4.55. The molecule has 1 aromatic heterocycles. The molecule has 2 aromatic rings. The number of hydrogen-bond acceptors (Lipinski definition) is 3. The van der Waals surface area contributed by atoms with Gasteiger partial charge in [-0.1, -0.05) is 11.6 Å². The molecule has 0 atom stereocenters. The smallest absolute Gasteiger partial charge is 0.252 e. The minimum Gasteiger partial charge on any atom is -0.496 e. The number of benzene rings is 1. The number of rotatable bonds is 2. The predicted molar refractivity (Wildman–Crippen MR) is 69.0 cm³/mol. The average Bonchev–Trinajstić information content (AvgIpc) is 2.27. The van der Waals surface area contributed by atoms with E-state index in [2.05, 4.69) is 9.97 Å². The van der Waals surface area contributed by atoms with Crippen molar-refractivity contribution in [3.63, 3.8) is 0 Å². The van der Waals surface area contributed by atoms with E-state index in [0.29, 0.717) is 16.2 Å². The summed E-state index contributed by atoms with van der Waals surface area (Å²) in [4.78, 5) is 16.8. The van der Waals surface area contributed by atoms with E-state index in [-0.39, 0.29) is 5.56 Å². The van der Waals surface area contributed by atoms with Gasteiger partial charge >= 0.3 is 0 Å². The zero-order chi connectivity index (χ0) is 12.4. The fourth-order valence-electron chi connectivity index (χ4n) is 1.65. The summed E-state index contributed by atoms with van der Waals surface area (Å²) >= 11 is 4.95. The van der Waals surface area contributed by atoms with Gasteiger partial charge in [-0.05, 0) is 31.3 Å². The first-order valence-electron chi connectivity index (χ1n) is 5.09. The zero-order valence-electron chi connectivity index (χ0n) is 9.53. The lowest BCUT2D eigenvalue weighted by molar-refractivity contribution is 0.416. The molecule has 0 spiro atoms. The maximum absolute atomic E-state index is 11.4. The highest BCUT2D eigenvalue weighted by Crippen LogP contribution is 2.28. The Bertz CT molecular complexity index is 630. The molecule has 0 saturated carbocycles. The van der Waals surface area contributed by atoms with E-state index in [1.54, 1.807) is 7.11 Å². The van der Waals surface area contributed by atoms with Gasteiger partial charge in [-0.3, -0.25) is 9.78 Å². The summed E-state index contributed by atoms with van der Waals surface area (Å²) in [5.74, 6) is 0.701. The van der Waals surface area contributed by atoms with Crippen LogP contribution < -0.4 is 10.3 Å². The van der Waals surface area contributed by atoms with E-state index in [1.165, 1.54) is 6.07 Å². The van der Waals surface area contributed by atoms with Crippen molar-refractivity contribution in [3.8, 4) is 17.0 Å². The first-order chi connectivity index (χ1) is 8.10. The number of methoxy groups -OCH3 is 1. The van der Waals surface area contributed by atoms with Gasteiger partial charge in [-0.15, -0.1) is 0 Å². The zero-order valence-corrected chi connectivity index (χ0v) is 10.4.